The van der Waals surface area contributed by atoms with Gasteiger partial charge in [-0.3, -0.25) is 0 Å². The van der Waals surface area contributed by atoms with Crippen LogP contribution in [0.2, 0.25) is 0 Å². The van der Waals surface area contributed by atoms with Gasteiger partial charge in [0.1, 0.15) is 6.04 Å². The van der Waals surface area contributed by atoms with Gasteiger partial charge in [0.2, 0.25) is 10.0 Å². The van der Waals surface area contributed by atoms with E-state index in [2.05, 4.69) is 4.72 Å². The van der Waals surface area contributed by atoms with Crippen molar-refractivity contribution in [1.29, 1.82) is 5.26 Å². The molecule has 1 unspecified atom stereocenters. The van der Waals surface area contributed by atoms with E-state index in [9.17, 15) is 8.42 Å². The van der Waals surface area contributed by atoms with Crippen LogP contribution in [0.1, 0.15) is 25.3 Å². The van der Waals surface area contributed by atoms with E-state index in [0.717, 1.165) is 6.42 Å². The fourth-order valence-corrected chi connectivity index (χ4v) is 2.97. The van der Waals surface area contributed by atoms with Gasteiger partial charge in [-0.05, 0) is 25.0 Å². The molecule has 0 aliphatic carbocycles. The van der Waals surface area contributed by atoms with E-state index in [1.807, 2.05) is 13.0 Å². The second-order valence-corrected chi connectivity index (χ2v) is 5.54. The quantitative estimate of drug-likeness (QED) is 0.871. The van der Waals surface area contributed by atoms with Gasteiger partial charge in [0.15, 0.2) is 0 Å². The maximum Gasteiger partial charge on any atom is 0.241 e. The van der Waals surface area contributed by atoms with Crippen molar-refractivity contribution in [3.63, 3.8) is 0 Å². The van der Waals surface area contributed by atoms with Gasteiger partial charge in [0, 0.05) is 0 Å². The molecule has 0 spiro atoms. The summed E-state index contributed by atoms with van der Waals surface area (Å²) in [5.74, 6) is 0. The van der Waals surface area contributed by atoms with Gasteiger partial charge in [-0.25, -0.2) is 8.42 Å². The third kappa shape index (κ3) is 3.55. The van der Waals surface area contributed by atoms with E-state index in [4.69, 9.17) is 5.26 Å². The minimum atomic E-state index is -3.60. The third-order valence-corrected chi connectivity index (χ3v) is 4.05. The highest BCUT2D eigenvalue weighted by atomic mass is 32.2. The predicted molar refractivity (Wildman–Crippen MR) is 65.8 cm³/mol. The summed E-state index contributed by atoms with van der Waals surface area (Å²) >= 11 is 0. The number of nitrogens with zero attached hydrogens (tertiary/aromatic N) is 1. The highest BCUT2D eigenvalue weighted by molar-refractivity contribution is 7.89. The van der Waals surface area contributed by atoms with Crippen molar-refractivity contribution in [2.24, 2.45) is 0 Å². The van der Waals surface area contributed by atoms with Gasteiger partial charge in [-0.15, -0.1) is 0 Å². The lowest BCUT2D eigenvalue weighted by Crippen LogP contribution is -2.34. The summed E-state index contributed by atoms with van der Waals surface area (Å²) in [7, 11) is -3.60. The van der Waals surface area contributed by atoms with Gasteiger partial charge < -0.3 is 0 Å². The van der Waals surface area contributed by atoms with Crippen LogP contribution in [0.25, 0.3) is 0 Å². The van der Waals surface area contributed by atoms with E-state index in [0.29, 0.717) is 12.0 Å². The number of nitrogens with one attached hydrogen (secondary N) is 1. The largest absolute Gasteiger partial charge is 0.241 e. The molecule has 0 saturated heterocycles. The molecular weight excluding hydrogens is 236 g/mol. The first kappa shape index (κ1) is 13.7. The molecule has 0 fully saturated rings. The monoisotopic (exact) mass is 252 g/mol. The molecule has 1 aromatic carbocycles. The molecule has 1 N–H and O–H groups in total. The van der Waals surface area contributed by atoms with Crippen molar-refractivity contribution >= 4 is 10.0 Å². The topological polar surface area (TPSA) is 70.0 Å². The van der Waals surface area contributed by atoms with Crippen LogP contribution in [0.4, 0.5) is 0 Å². The van der Waals surface area contributed by atoms with Gasteiger partial charge >= 0.3 is 0 Å². The predicted octanol–water partition coefficient (Wildman–Crippen LogP) is 1.97. The molecule has 0 aliphatic heterocycles. The lowest BCUT2D eigenvalue weighted by molar-refractivity contribution is 0.562. The maximum atomic E-state index is 12.0. The molecule has 0 heterocycles. The molecule has 0 aliphatic rings. The average molecular weight is 252 g/mol. The smallest absolute Gasteiger partial charge is 0.207 e. The van der Waals surface area contributed by atoms with Gasteiger partial charge in [0.25, 0.3) is 0 Å². The molecule has 17 heavy (non-hydrogen) atoms. The number of rotatable bonds is 5. The first-order valence-corrected chi connectivity index (χ1v) is 6.97. The van der Waals surface area contributed by atoms with Crippen LogP contribution >= 0.6 is 0 Å². The number of nitriles is 1. The number of benzene rings is 1. The first-order chi connectivity index (χ1) is 8.01. The Labute approximate surface area is 102 Å². The molecule has 4 nitrogen and oxygen atoms in total. The molecule has 0 saturated carbocycles. The Morgan fingerprint density at radius 1 is 1.41 bits per heavy atom. The van der Waals surface area contributed by atoms with Crippen LogP contribution in [0.5, 0.6) is 0 Å². The highest BCUT2D eigenvalue weighted by Crippen LogP contribution is 2.14. The van der Waals surface area contributed by atoms with Crippen LogP contribution in [0.15, 0.2) is 29.2 Å². The van der Waals surface area contributed by atoms with Crippen molar-refractivity contribution in [2.45, 2.75) is 37.6 Å². The Kier molecular flexibility index (Phi) is 4.67. The Morgan fingerprint density at radius 3 is 2.59 bits per heavy atom. The zero-order valence-electron chi connectivity index (χ0n) is 9.97. The Morgan fingerprint density at radius 2 is 2.06 bits per heavy atom. The van der Waals surface area contributed by atoms with Gasteiger partial charge in [0.05, 0.1) is 11.0 Å². The van der Waals surface area contributed by atoms with E-state index < -0.39 is 16.1 Å². The fraction of sp³-hybridized carbons (Fsp3) is 0.417. The molecule has 1 aromatic rings. The molecule has 0 radical (unpaired) electrons. The Balaban J connectivity index is 2.98. The molecule has 1 rings (SSSR count). The maximum absolute atomic E-state index is 12.0. The summed E-state index contributed by atoms with van der Waals surface area (Å²) < 4.78 is 26.5. The van der Waals surface area contributed by atoms with Crippen molar-refractivity contribution in [1.82, 2.24) is 4.72 Å². The molecule has 5 heteroatoms. The Hall–Kier alpha value is -1.38. The fourth-order valence-electron chi connectivity index (χ4n) is 1.55. The standard InChI is InChI=1S/C12H16N2O2S/c1-3-6-11(9-13)14-17(15,16)12-8-5-4-7-10(12)2/h4-5,7-8,11,14H,3,6H2,1-2H3. The third-order valence-electron chi connectivity index (χ3n) is 2.41. The molecular formula is C12H16N2O2S. The number of hydrogen-bond donors (Lipinski definition) is 1. The average Bonchev–Trinajstić information content (AvgIpc) is 2.28. The zero-order valence-corrected chi connectivity index (χ0v) is 10.8. The molecule has 1 atom stereocenters. The highest BCUT2D eigenvalue weighted by Gasteiger charge is 2.20. The molecule has 92 valence electrons. The second kappa shape index (κ2) is 5.80. The van der Waals surface area contributed by atoms with E-state index in [1.165, 1.54) is 6.07 Å². The van der Waals surface area contributed by atoms with Crippen molar-refractivity contribution in [2.75, 3.05) is 0 Å². The number of sulfonamides is 1. The number of hydrogen-bond acceptors (Lipinski definition) is 3. The van der Waals surface area contributed by atoms with Crippen LogP contribution in [-0.4, -0.2) is 14.5 Å². The normalized spacial score (nSPS) is 13.0. The minimum absolute atomic E-state index is 0.233. The summed E-state index contributed by atoms with van der Waals surface area (Å²) in [5, 5.41) is 8.86. The zero-order chi connectivity index (χ0) is 12.9. The van der Waals surface area contributed by atoms with Crippen LogP contribution in [0, 0.1) is 18.3 Å². The van der Waals surface area contributed by atoms with Gasteiger partial charge in [-0.2, -0.15) is 9.98 Å². The summed E-state index contributed by atoms with van der Waals surface area (Å²) in [6.45, 7) is 3.64. The molecule has 0 aromatic heterocycles. The van der Waals surface area contributed by atoms with Crippen LogP contribution in [-0.2, 0) is 10.0 Å². The van der Waals surface area contributed by atoms with E-state index in [1.54, 1.807) is 25.1 Å². The van der Waals surface area contributed by atoms with Crippen molar-refractivity contribution in [3.05, 3.63) is 29.8 Å². The summed E-state index contributed by atoms with van der Waals surface area (Å²) in [5.41, 5.74) is 0.674. The van der Waals surface area contributed by atoms with E-state index in [-0.39, 0.29) is 4.90 Å². The Bertz CT molecular complexity index is 518. The SMILES string of the molecule is CCCC(C#N)NS(=O)(=O)c1ccccc1C. The lowest BCUT2D eigenvalue weighted by Gasteiger charge is -2.12. The van der Waals surface area contributed by atoms with Crippen molar-refractivity contribution < 1.29 is 8.42 Å². The minimum Gasteiger partial charge on any atom is -0.207 e. The lowest BCUT2D eigenvalue weighted by atomic mass is 10.2. The molecule has 0 bridgehead atoms. The molecule has 0 amide bonds. The summed E-state index contributed by atoms with van der Waals surface area (Å²) in [6, 6.07) is 8.02. The van der Waals surface area contributed by atoms with E-state index >= 15 is 0 Å². The number of aryl methyl sites for hydroxylation is 1. The van der Waals surface area contributed by atoms with Crippen molar-refractivity contribution in [3.8, 4) is 6.07 Å². The van der Waals surface area contributed by atoms with Gasteiger partial charge in [-0.1, -0.05) is 31.5 Å². The van der Waals surface area contributed by atoms with Crippen LogP contribution in [0.3, 0.4) is 0 Å². The first-order valence-electron chi connectivity index (χ1n) is 5.49. The second-order valence-electron chi connectivity index (χ2n) is 3.86. The van der Waals surface area contributed by atoms with Crippen LogP contribution < -0.4 is 4.72 Å². The summed E-state index contributed by atoms with van der Waals surface area (Å²) in [4.78, 5) is 0.233. The summed E-state index contributed by atoms with van der Waals surface area (Å²) in [6.07, 6.45) is 1.27.